The van der Waals surface area contributed by atoms with Crippen LogP contribution in [0.15, 0.2) is 42.6 Å². The van der Waals surface area contributed by atoms with E-state index in [1.54, 1.807) is 6.20 Å². The number of hydrogen-bond donors (Lipinski definition) is 2. The lowest BCUT2D eigenvalue weighted by Gasteiger charge is -2.12. The summed E-state index contributed by atoms with van der Waals surface area (Å²) in [6.45, 7) is 5.84. The number of nitrogens with one attached hydrogen (secondary N) is 2. The van der Waals surface area contributed by atoms with Gasteiger partial charge < -0.3 is 10.6 Å². The van der Waals surface area contributed by atoms with E-state index in [0.717, 1.165) is 40.3 Å². The lowest BCUT2D eigenvalue weighted by atomic mass is 9.96. The van der Waals surface area contributed by atoms with E-state index < -0.39 is 0 Å². The number of carbonyl (C=O) groups is 2. The van der Waals surface area contributed by atoms with Gasteiger partial charge in [-0.05, 0) is 68.5 Å². The summed E-state index contributed by atoms with van der Waals surface area (Å²) in [5, 5.41) is 15.5. The summed E-state index contributed by atoms with van der Waals surface area (Å²) in [6.07, 6.45) is 3.77. The van der Waals surface area contributed by atoms with Crippen molar-refractivity contribution < 1.29 is 9.59 Å². The average Bonchev–Trinajstić information content (AvgIpc) is 3.50. The Kier molecular flexibility index (Phi) is 5.01. The third kappa shape index (κ3) is 4.11. The highest BCUT2D eigenvalue weighted by Crippen LogP contribution is 2.29. The van der Waals surface area contributed by atoms with Gasteiger partial charge in [-0.2, -0.15) is 5.10 Å². The summed E-state index contributed by atoms with van der Waals surface area (Å²) in [7, 11) is 0. The third-order valence-electron chi connectivity index (χ3n) is 5.02. The Morgan fingerprint density at radius 3 is 2.59 bits per heavy atom. The molecule has 6 heteroatoms. The van der Waals surface area contributed by atoms with Crippen LogP contribution in [0.25, 0.3) is 21.9 Å². The zero-order chi connectivity index (χ0) is 20.5. The van der Waals surface area contributed by atoms with Crippen LogP contribution in [-0.2, 0) is 0 Å². The molecule has 1 heterocycles. The molecule has 3 aromatic rings. The molecule has 0 aliphatic heterocycles. The number of hydrogen-bond acceptors (Lipinski definition) is 4. The molecular formula is C23H24N4O2. The van der Waals surface area contributed by atoms with Crippen LogP contribution in [0, 0.1) is 6.92 Å². The second-order valence-electron chi connectivity index (χ2n) is 7.90. The number of benzene rings is 2. The fourth-order valence-electron chi connectivity index (χ4n) is 3.32. The predicted octanol–water partition coefficient (Wildman–Crippen LogP) is 3.64. The summed E-state index contributed by atoms with van der Waals surface area (Å²) in [5.41, 5.74) is 4.01. The number of nitrogens with zero attached hydrogens (tertiary/aromatic N) is 2. The van der Waals surface area contributed by atoms with Gasteiger partial charge in [0.25, 0.3) is 11.8 Å². The summed E-state index contributed by atoms with van der Waals surface area (Å²) < 4.78 is 0. The Morgan fingerprint density at radius 2 is 1.86 bits per heavy atom. The molecule has 2 aromatic carbocycles. The summed E-state index contributed by atoms with van der Waals surface area (Å²) >= 11 is 0. The summed E-state index contributed by atoms with van der Waals surface area (Å²) in [4.78, 5) is 24.9. The largest absolute Gasteiger partial charge is 0.349 e. The van der Waals surface area contributed by atoms with Gasteiger partial charge in [0.05, 0.1) is 6.20 Å². The van der Waals surface area contributed by atoms with E-state index >= 15 is 0 Å². The number of aryl methyl sites for hydroxylation is 1. The molecule has 148 valence electrons. The third-order valence-corrected chi connectivity index (χ3v) is 5.02. The molecule has 1 aromatic heterocycles. The van der Waals surface area contributed by atoms with Gasteiger partial charge in [-0.1, -0.05) is 18.2 Å². The van der Waals surface area contributed by atoms with Crippen molar-refractivity contribution in [2.75, 3.05) is 0 Å². The average molecular weight is 388 g/mol. The molecule has 0 radical (unpaired) electrons. The SMILES string of the molecule is Cc1ccc(C(=O)NC2CC2)cc1-c1ccc2c(C(=O)NC(C)C)nncc2c1. The number of aromatic nitrogens is 2. The van der Waals surface area contributed by atoms with E-state index in [0.29, 0.717) is 17.3 Å². The van der Waals surface area contributed by atoms with Crippen LogP contribution in [-0.4, -0.2) is 34.1 Å². The molecule has 2 amide bonds. The van der Waals surface area contributed by atoms with Crippen molar-refractivity contribution in [1.29, 1.82) is 0 Å². The molecule has 0 atom stereocenters. The minimum absolute atomic E-state index is 0.0194. The molecule has 1 aliphatic rings. The van der Waals surface area contributed by atoms with Gasteiger partial charge >= 0.3 is 0 Å². The Morgan fingerprint density at radius 1 is 1.07 bits per heavy atom. The van der Waals surface area contributed by atoms with Crippen molar-refractivity contribution in [2.45, 2.75) is 45.7 Å². The van der Waals surface area contributed by atoms with Gasteiger partial charge in [0.2, 0.25) is 0 Å². The Bertz CT molecular complexity index is 1100. The molecule has 0 spiro atoms. The van der Waals surface area contributed by atoms with Gasteiger partial charge in [-0.3, -0.25) is 9.59 Å². The first-order chi connectivity index (χ1) is 13.9. The Hall–Kier alpha value is -3.28. The maximum Gasteiger partial charge on any atom is 0.272 e. The quantitative estimate of drug-likeness (QED) is 0.699. The maximum absolute atomic E-state index is 12.4. The van der Waals surface area contributed by atoms with Crippen molar-refractivity contribution in [2.24, 2.45) is 0 Å². The second kappa shape index (κ2) is 7.62. The fourth-order valence-corrected chi connectivity index (χ4v) is 3.32. The normalized spacial score (nSPS) is 13.5. The van der Waals surface area contributed by atoms with E-state index in [1.165, 1.54) is 0 Å². The second-order valence-corrected chi connectivity index (χ2v) is 7.90. The van der Waals surface area contributed by atoms with Crippen LogP contribution in [0.2, 0.25) is 0 Å². The highest BCUT2D eigenvalue weighted by molar-refractivity contribution is 6.05. The molecule has 6 nitrogen and oxygen atoms in total. The molecular weight excluding hydrogens is 364 g/mol. The Labute approximate surface area is 169 Å². The van der Waals surface area contributed by atoms with Gasteiger partial charge in [0, 0.05) is 28.4 Å². The zero-order valence-corrected chi connectivity index (χ0v) is 16.8. The topological polar surface area (TPSA) is 84.0 Å². The first-order valence-corrected chi connectivity index (χ1v) is 9.90. The summed E-state index contributed by atoms with van der Waals surface area (Å²) in [5.74, 6) is -0.270. The van der Waals surface area contributed by atoms with Crippen LogP contribution in [0.3, 0.4) is 0 Å². The van der Waals surface area contributed by atoms with E-state index in [4.69, 9.17) is 0 Å². The lowest BCUT2D eigenvalue weighted by molar-refractivity contribution is 0.0934. The molecule has 0 bridgehead atoms. The van der Waals surface area contributed by atoms with Crippen molar-refractivity contribution in [3.05, 3.63) is 59.4 Å². The molecule has 29 heavy (non-hydrogen) atoms. The van der Waals surface area contributed by atoms with Crippen molar-refractivity contribution in [3.63, 3.8) is 0 Å². The lowest BCUT2D eigenvalue weighted by Crippen LogP contribution is -2.31. The van der Waals surface area contributed by atoms with Gasteiger partial charge in [-0.15, -0.1) is 5.10 Å². The van der Waals surface area contributed by atoms with Crippen LogP contribution in [0.5, 0.6) is 0 Å². The van der Waals surface area contributed by atoms with Gasteiger partial charge in [0.1, 0.15) is 0 Å². The summed E-state index contributed by atoms with van der Waals surface area (Å²) in [6, 6.07) is 11.9. The van der Waals surface area contributed by atoms with Crippen LogP contribution >= 0.6 is 0 Å². The van der Waals surface area contributed by atoms with Crippen molar-refractivity contribution >= 4 is 22.6 Å². The smallest absolute Gasteiger partial charge is 0.272 e. The zero-order valence-electron chi connectivity index (χ0n) is 16.8. The van der Waals surface area contributed by atoms with Crippen LogP contribution < -0.4 is 10.6 Å². The predicted molar refractivity (Wildman–Crippen MR) is 113 cm³/mol. The Balaban J connectivity index is 1.71. The maximum atomic E-state index is 12.4. The van der Waals surface area contributed by atoms with Crippen LogP contribution in [0.4, 0.5) is 0 Å². The number of fused-ring (bicyclic) bond motifs is 1. The molecule has 1 fully saturated rings. The van der Waals surface area contributed by atoms with Gasteiger partial charge in [0.15, 0.2) is 5.69 Å². The van der Waals surface area contributed by atoms with E-state index in [2.05, 4.69) is 20.8 Å². The van der Waals surface area contributed by atoms with Gasteiger partial charge in [-0.25, -0.2) is 0 Å². The number of rotatable bonds is 5. The van der Waals surface area contributed by atoms with Crippen molar-refractivity contribution in [1.82, 2.24) is 20.8 Å². The van der Waals surface area contributed by atoms with E-state index in [9.17, 15) is 9.59 Å². The minimum Gasteiger partial charge on any atom is -0.349 e. The number of amides is 2. The first kappa shape index (κ1) is 19.1. The molecule has 1 aliphatic carbocycles. The highest BCUT2D eigenvalue weighted by atomic mass is 16.2. The van der Waals surface area contributed by atoms with Crippen molar-refractivity contribution in [3.8, 4) is 11.1 Å². The first-order valence-electron chi connectivity index (χ1n) is 9.90. The standard InChI is InChI=1S/C23H24N4O2/c1-13(2)25-23(29)21-19-9-6-15(10-17(19)12-24-27-21)20-11-16(5-4-14(20)3)22(28)26-18-7-8-18/h4-6,9-13,18H,7-8H2,1-3H3,(H,25,29)(H,26,28). The monoisotopic (exact) mass is 388 g/mol. The minimum atomic E-state index is -0.235. The molecule has 4 rings (SSSR count). The van der Waals surface area contributed by atoms with Crippen LogP contribution in [0.1, 0.15) is 53.1 Å². The molecule has 0 unspecified atom stereocenters. The molecule has 0 saturated heterocycles. The molecule has 2 N–H and O–H groups in total. The van der Waals surface area contributed by atoms with E-state index in [-0.39, 0.29) is 17.9 Å². The molecule has 1 saturated carbocycles. The number of carbonyl (C=O) groups excluding carboxylic acids is 2. The van der Waals surface area contributed by atoms with E-state index in [1.807, 2.05) is 57.2 Å². The fraction of sp³-hybridized carbons (Fsp3) is 0.304. The highest BCUT2D eigenvalue weighted by Gasteiger charge is 2.24.